The van der Waals surface area contributed by atoms with Gasteiger partial charge < -0.3 is 19.4 Å². The summed E-state index contributed by atoms with van der Waals surface area (Å²) < 4.78 is 79.7. The molecule has 1 saturated heterocycles. The van der Waals surface area contributed by atoms with Crippen LogP contribution in [0.1, 0.15) is 63.6 Å². The number of rotatable bonds is 8. The maximum atomic E-state index is 14.7. The topological polar surface area (TPSA) is 67.6 Å². The van der Waals surface area contributed by atoms with Crippen molar-refractivity contribution in [2.45, 2.75) is 64.7 Å². The Balaban J connectivity index is 0.00000320. The van der Waals surface area contributed by atoms with Crippen molar-refractivity contribution < 1.29 is 37.3 Å². The minimum atomic E-state index is -4.64. The molecular weight excluding hydrogens is 485 g/mol. The number of aromatic nitrogens is 1. The molecule has 3 fully saturated rings. The number of fused-ring (bicyclic) bond motifs is 1. The second kappa shape index (κ2) is 8.92. The number of alkyl halides is 3. The molecule has 1 aromatic heterocycles. The predicted molar refractivity (Wildman–Crippen MR) is 123 cm³/mol. The van der Waals surface area contributed by atoms with Crippen molar-refractivity contribution in [1.29, 1.82) is 0 Å². The van der Waals surface area contributed by atoms with Crippen molar-refractivity contribution in [3.8, 4) is 5.75 Å². The molecule has 0 bridgehead atoms. The van der Waals surface area contributed by atoms with Gasteiger partial charge in [0.2, 0.25) is 0 Å². The van der Waals surface area contributed by atoms with Gasteiger partial charge in [-0.05, 0) is 43.9 Å². The van der Waals surface area contributed by atoms with Gasteiger partial charge in [0.15, 0.2) is 23.1 Å². The van der Waals surface area contributed by atoms with E-state index in [4.69, 9.17) is 9.15 Å². The molecule has 3 aliphatic rings. The fourth-order valence-electron chi connectivity index (χ4n) is 5.43. The van der Waals surface area contributed by atoms with E-state index in [0.717, 1.165) is 44.2 Å². The van der Waals surface area contributed by atoms with Gasteiger partial charge in [0.05, 0.1) is 0 Å². The molecule has 0 spiro atoms. The quantitative estimate of drug-likeness (QED) is 0.415. The van der Waals surface area contributed by atoms with E-state index in [1.54, 1.807) is 4.90 Å². The molecule has 2 saturated carbocycles. The number of benzene rings is 1. The summed E-state index contributed by atoms with van der Waals surface area (Å²) in [5.74, 6) is -3.33. The smallest absolute Gasteiger partial charge is 0.396 e. The van der Waals surface area contributed by atoms with Crippen LogP contribution in [0.4, 0.5) is 33.7 Å². The molecule has 2 aromatic rings. The summed E-state index contributed by atoms with van der Waals surface area (Å²) in [6.45, 7) is 5.17. The average Bonchev–Trinajstić information content (AvgIpc) is 3.27. The number of amides is 1. The summed E-state index contributed by atoms with van der Waals surface area (Å²) in [4.78, 5) is 18.6. The number of nitrogens with zero attached hydrogens (tertiary/aromatic N) is 2. The number of carbonyl (C=O) groups is 1. The Hall–Kier alpha value is -2.85. The Morgan fingerprint density at radius 1 is 1.22 bits per heavy atom. The third kappa shape index (κ3) is 4.76. The first-order chi connectivity index (χ1) is 17.0. The van der Waals surface area contributed by atoms with Crippen LogP contribution in [0, 0.1) is 28.9 Å². The van der Waals surface area contributed by atoms with Crippen molar-refractivity contribution in [2.24, 2.45) is 17.3 Å². The summed E-state index contributed by atoms with van der Waals surface area (Å²) in [5.41, 5.74) is -0.806. The number of ether oxygens (including phenoxy) is 1. The second-order valence-electron chi connectivity index (χ2n) is 10.2. The first kappa shape index (κ1) is 24.8. The number of oxazole rings is 1. The van der Waals surface area contributed by atoms with Crippen LogP contribution in [0.15, 0.2) is 16.5 Å². The molecule has 1 amide bonds. The molecule has 36 heavy (non-hydrogen) atoms. The summed E-state index contributed by atoms with van der Waals surface area (Å²) >= 11 is 0. The third-order valence-corrected chi connectivity index (χ3v) is 7.89. The zero-order valence-corrected chi connectivity index (χ0v) is 20.1. The van der Waals surface area contributed by atoms with Gasteiger partial charge in [0, 0.05) is 37.8 Å². The van der Waals surface area contributed by atoms with Crippen LogP contribution >= 0.6 is 0 Å². The number of anilines is 2. The minimum Gasteiger partial charge on any atom is -0.484 e. The maximum absolute atomic E-state index is 14.7. The van der Waals surface area contributed by atoms with Gasteiger partial charge in [0.25, 0.3) is 11.9 Å². The van der Waals surface area contributed by atoms with Crippen molar-refractivity contribution in [2.75, 3.05) is 23.3 Å². The Bertz CT molecular complexity index is 1140. The van der Waals surface area contributed by atoms with Crippen molar-refractivity contribution in [3.63, 3.8) is 0 Å². The molecule has 3 unspecified atom stereocenters. The highest BCUT2D eigenvalue weighted by molar-refractivity contribution is 6.03. The first-order valence-electron chi connectivity index (χ1n) is 12.3. The van der Waals surface area contributed by atoms with E-state index in [1.807, 2.05) is 13.8 Å². The van der Waals surface area contributed by atoms with E-state index in [2.05, 4.69) is 10.3 Å². The number of halogens is 5. The second-order valence-corrected chi connectivity index (χ2v) is 10.2. The van der Waals surface area contributed by atoms with E-state index in [9.17, 15) is 26.7 Å². The van der Waals surface area contributed by atoms with E-state index in [-0.39, 0.29) is 24.6 Å². The zero-order chi connectivity index (χ0) is 25.8. The van der Waals surface area contributed by atoms with Crippen LogP contribution in [0.25, 0.3) is 0 Å². The number of hydrogen-bond acceptors (Lipinski definition) is 5. The highest BCUT2D eigenvalue weighted by Gasteiger charge is 2.50. The Labute approximate surface area is 206 Å². The monoisotopic (exact) mass is 515 g/mol. The lowest BCUT2D eigenvalue weighted by Crippen LogP contribution is -2.56. The van der Waals surface area contributed by atoms with Gasteiger partial charge in [-0.1, -0.05) is 13.8 Å². The molecule has 0 radical (unpaired) electrons. The minimum absolute atomic E-state index is 0. The van der Waals surface area contributed by atoms with Crippen molar-refractivity contribution in [1.82, 2.24) is 4.98 Å². The van der Waals surface area contributed by atoms with Crippen LogP contribution in [-0.2, 0) is 6.42 Å². The third-order valence-electron chi connectivity index (χ3n) is 7.89. The predicted octanol–water partition coefficient (Wildman–Crippen LogP) is 6.36. The summed E-state index contributed by atoms with van der Waals surface area (Å²) in [5, 5.41) is 2.25. The summed E-state index contributed by atoms with van der Waals surface area (Å²) in [6, 6.07) is 1.69. The maximum Gasteiger partial charge on any atom is 0.396 e. The van der Waals surface area contributed by atoms with E-state index >= 15 is 0 Å². The fourth-order valence-corrected chi connectivity index (χ4v) is 5.43. The summed E-state index contributed by atoms with van der Waals surface area (Å²) in [6.07, 6.45) is -1.89. The van der Waals surface area contributed by atoms with Crippen molar-refractivity contribution >= 4 is 17.6 Å². The highest BCUT2D eigenvalue weighted by atomic mass is 19.4. The SMILES string of the molecule is CCC1(CC)CN(c2nc(C(=O)Nc3cc(F)c(OC4CCC5CC54)c(F)c3)c(CC(F)(F)F)o2)C1.[HH]. The molecule has 2 aliphatic carbocycles. The standard InChI is InChI=1S/C25H28F5N3O3.H2/c1-3-24(4-2)11-33(12-24)23-32-20(19(36-23)10-25(28,29)30)22(34)31-14-8-16(26)21(17(27)9-14)35-18-6-5-13-7-15(13)18;/h8-9,13,15,18H,3-7,10-12H2,1-2H3,(H,31,34);1H. The molecule has 1 aromatic carbocycles. The zero-order valence-electron chi connectivity index (χ0n) is 20.1. The van der Waals surface area contributed by atoms with Gasteiger partial charge in [-0.25, -0.2) is 8.78 Å². The van der Waals surface area contributed by atoms with Crippen molar-refractivity contribution in [3.05, 3.63) is 35.2 Å². The molecule has 1 aliphatic heterocycles. The molecule has 1 N–H and O–H groups in total. The molecule has 3 atom stereocenters. The van der Waals surface area contributed by atoms with Gasteiger partial charge >= 0.3 is 6.18 Å². The lowest BCUT2D eigenvalue weighted by Gasteiger charge is -2.49. The largest absolute Gasteiger partial charge is 0.484 e. The Kier molecular flexibility index (Phi) is 6.15. The highest BCUT2D eigenvalue weighted by Crippen LogP contribution is 2.53. The van der Waals surface area contributed by atoms with Gasteiger partial charge in [-0.15, -0.1) is 0 Å². The van der Waals surface area contributed by atoms with Crippen LogP contribution in [0.2, 0.25) is 0 Å². The number of carbonyl (C=O) groups excluding carboxylic acids is 1. The number of nitrogens with one attached hydrogen (secondary N) is 1. The normalized spacial score (nSPS) is 24.3. The fraction of sp³-hybridized carbons (Fsp3) is 0.600. The molecular formula is C25H30F5N3O3. The average molecular weight is 516 g/mol. The van der Waals surface area contributed by atoms with Crippen LogP contribution < -0.4 is 15.0 Å². The lowest BCUT2D eigenvalue weighted by atomic mass is 9.75. The van der Waals surface area contributed by atoms with Crippen LogP contribution in [0.5, 0.6) is 5.75 Å². The van der Waals surface area contributed by atoms with Gasteiger partial charge in [-0.2, -0.15) is 18.2 Å². The van der Waals surface area contributed by atoms with Crippen LogP contribution in [0.3, 0.4) is 0 Å². The number of hydrogen-bond donors (Lipinski definition) is 1. The van der Waals surface area contributed by atoms with Gasteiger partial charge in [0.1, 0.15) is 18.3 Å². The Morgan fingerprint density at radius 3 is 2.42 bits per heavy atom. The molecule has 2 heterocycles. The molecule has 198 valence electrons. The lowest BCUT2D eigenvalue weighted by molar-refractivity contribution is -0.130. The van der Waals surface area contributed by atoms with E-state index in [0.29, 0.717) is 24.9 Å². The molecule has 6 nitrogen and oxygen atoms in total. The van der Waals surface area contributed by atoms with E-state index in [1.165, 1.54) is 0 Å². The molecule has 5 rings (SSSR count). The Morgan fingerprint density at radius 2 is 1.89 bits per heavy atom. The van der Waals surface area contributed by atoms with Gasteiger partial charge in [-0.3, -0.25) is 4.79 Å². The first-order valence-corrected chi connectivity index (χ1v) is 12.3. The van der Waals surface area contributed by atoms with E-state index < -0.39 is 47.3 Å². The summed E-state index contributed by atoms with van der Waals surface area (Å²) in [7, 11) is 0. The molecule has 11 heteroatoms. The van der Waals surface area contributed by atoms with Crippen LogP contribution in [-0.4, -0.2) is 36.3 Å².